The van der Waals surface area contributed by atoms with Crippen LogP contribution in [0.2, 0.25) is 10.0 Å². The van der Waals surface area contributed by atoms with E-state index in [1.807, 2.05) is 26.8 Å². The molecule has 1 fully saturated rings. The lowest BCUT2D eigenvalue weighted by Gasteiger charge is -2.41. The summed E-state index contributed by atoms with van der Waals surface area (Å²) >= 11 is 12.0. The molecule has 10 nitrogen and oxygen atoms in total. The number of aliphatic hydroxyl groups is 3. The molecule has 3 heterocycles. The third-order valence-corrected chi connectivity index (χ3v) is 7.57. The first-order valence-electron chi connectivity index (χ1n) is 12.7. The van der Waals surface area contributed by atoms with E-state index in [-0.39, 0.29) is 22.5 Å². The molecule has 4 aromatic rings. The SMILES string of the molecule is Cc1nc([C@@H]2O[C@H](CO)[C@H](O)[C@H](n3cc(-c4cc(F)c(Cl)c(F)c4)nn3)[C@H]2O)n(-c2cc(Cl)ccc2C(C)(C)C)n1. The van der Waals surface area contributed by atoms with E-state index < -0.39 is 53.7 Å². The summed E-state index contributed by atoms with van der Waals surface area (Å²) in [5.41, 5.74) is 1.32. The Labute approximate surface area is 244 Å². The van der Waals surface area contributed by atoms with Crippen LogP contribution in [0.25, 0.3) is 16.9 Å². The van der Waals surface area contributed by atoms with Gasteiger partial charge in [0, 0.05) is 10.6 Å². The van der Waals surface area contributed by atoms with Crippen LogP contribution < -0.4 is 0 Å². The molecule has 0 bridgehead atoms. The summed E-state index contributed by atoms with van der Waals surface area (Å²) in [5.74, 6) is -1.37. The number of hydrogen-bond donors (Lipinski definition) is 3. The zero-order chi connectivity index (χ0) is 29.8. The largest absolute Gasteiger partial charge is 0.394 e. The Morgan fingerprint density at radius 1 is 1.05 bits per heavy atom. The summed E-state index contributed by atoms with van der Waals surface area (Å²) in [6.45, 7) is 7.19. The predicted octanol–water partition coefficient (Wildman–Crippen LogP) is 4.11. The monoisotopic (exact) mass is 608 g/mol. The van der Waals surface area contributed by atoms with Gasteiger partial charge >= 0.3 is 0 Å². The van der Waals surface area contributed by atoms with E-state index in [1.165, 1.54) is 15.6 Å². The van der Waals surface area contributed by atoms with Gasteiger partial charge in [0.15, 0.2) is 5.82 Å². The van der Waals surface area contributed by atoms with Crippen molar-refractivity contribution in [1.82, 2.24) is 29.8 Å². The van der Waals surface area contributed by atoms with Crippen molar-refractivity contribution in [2.75, 3.05) is 6.61 Å². The Morgan fingerprint density at radius 3 is 2.37 bits per heavy atom. The number of rotatable bonds is 5. The highest BCUT2D eigenvalue weighted by molar-refractivity contribution is 6.31. The molecule has 0 spiro atoms. The first-order valence-corrected chi connectivity index (χ1v) is 13.5. The van der Waals surface area contributed by atoms with Gasteiger partial charge < -0.3 is 20.1 Å². The van der Waals surface area contributed by atoms with Gasteiger partial charge in [0.25, 0.3) is 0 Å². The fourth-order valence-corrected chi connectivity index (χ4v) is 5.27. The second-order valence-electron chi connectivity index (χ2n) is 10.9. The van der Waals surface area contributed by atoms with Crippen LogP contribution in [0, 0.1) is 18.6 Å². The van der Waals surface area contributed by atoms with Crippen molar-refractivity contribution in [1.29, 1.82) is 0 Å². The van der Waals surface area contributed by atoms with Crippen molar-refractivity contribution in [2.45, 2.75) is 63.6 Å². The Hall–Kier alpha value is -3.00. The quantitative estimate of drug-likeness (QED) is 0.288. The van der Waals surface area contributed by atoms with Gasteiger partial charge in [-0.25, -0.2) is 23.1 Å². The number of halogens is 4. The number of hydrogen-bond acceptors (Lipinski definition) is 8. The summed E-state index contributed by atoms with van der Waals surface area (Å²) < 4.78 is 36.8. The van der Waals surface area contributed by atoms with Crippen LogP contribution in [0.4, 0.5) is 8.78 Å². The van der Waals surface area contributed by atoms with Crippen LogP contribution in [0.15, 0.2) is 36.5 Å². The summed E-state index contributed by atoms with van der Waals surface area (Å²) in [6, 6.07) is 6.20. The lowest BCUT2D eigenvalue weighted by molar-refractivity contribution is -0.210. The molecular formula is C27H28Cl2F2N6O4. The normalized spacial score (nSPS) is 23.2. The number of nitrogens with zero attached hydrogens (tertiary/aromatic N) is 6. The number of aliphatic hydroxyl groups excluding tert-OH is 3. The third-order valence-electron chi connectivity index (χ3n) is 6.98. The van der Waals surface area contributed by atoms with E-state index in [0.29, 0.717) is 16.5 Å². The summed E-state index contributed by atoms with van der Waals surface area (Å²) in [5, 5.41) is 45.1. The highest BCUT2D eigenvalue weighted by Crippen LogP contribution is 2.40. The average Bonchev–Trinajstić information content (AvgIpc) is 3.53. The fourth-order valence-electron chi connectivity index (χ4n) is 4.99. The highest BCUT2D eigenvalue weighted by Gasteiger charge is 2.48. The van der Waals surface area contributed by atoms with Crippen LogP contribution in [-0.4, -0.2) is 70.0 Å². The minimum atomic E-state index is -1.47. The van der Waals surface area contributed by atoms with E-state index >= 15 is 0 Å². The molecule has 41 heavy (non-hydrogen) atoms. The van der Waals surface area contributed by atoms with Gasteiger partial charge in [-0.1, -0.05) is 55.3 Å². The number of aryl methyl sites for hydroxylation is 1. The van der Waals surface area contributed by atoms with E-state index in [1.54, 1.807) is 19.1 Å². The van der Waals surface area contributed by atoms with Crippen molar-refractivity contribution in [3.63, 3.8) is 0 Å². The van der Waals surface area contributed by atoms with Crippen molar-refractivity contribution < 1.29 is 28.8 Å². The van der Waals surface area contributed by atoms with Crippen LogP contribution in [0.1, 0.15) is 50.1 Å². The van der Waals surface area contributed by atoms with Gasteiger partial charge in [-0.15, -0.1) is 5.10 Å². The fraction of sp³-hybridized carbons (Fsp3) is 0.407. The maximum absolute atomic E-state index is 14.1. The molecule has 218 valence electrons. The molecule has 1 aliphatic heterocycles. The van der Waals surface area contributed by atoms with Crippen molar-refractivity contribution in [3.8, 4) is 16.9 Å². The van der Waals surface area contributed by atoms with Crippen molar-refractivity contribution in [2.24, 2.45) is 0 Å². The Bertz CT molecular complexity index is 1570. The molecule has 1 saturated heterocycles. The van der Waals surface area contributed by atoms with Gasteiger partial charge in [0.1, 0.15) is 58.6 Å². The van der Waals surface area contributed by atoms with Crippen molar-refractivity contribution >= 4 is 23.2 Å². The lowest BCUT2D eigenvalue weighted by atomic mass is 9.85. The molecule has 0 aliphatic carbocycles. The molecule has 0 radical (unpaired) electrons. The second-order valence-corrected chi connectivity index (χ2v) is 11.7. The lowest BCUT2D eigenvalue weighted by Crippen LogP contribution is -2.53. The minimum absolute atomic E-state index is 0.0491. The highest BCUT2D eigenvalue weighted by atomic mass is 35.5. The molecular weight excluding hydrogens is 581 g/mol. The van der Waals surface area contributed by atoms with Crippen LogP contribution >= 0.6 is 23.2 Å². The van der Waals surface area contributed by atoms with E-state index in [9.17, 15) is 24.1 Å². The maximum atomic E-state index is 14.1. The smallest absolute Gasteiger partial charge is 0.164 e. The average molecular weight is 609 g/mol. The minimum Gasteiger partial charge on any atom is -0.394 e. The molecule has 1 aliphatic rings. The predicted molar refractivity (Wildman–Crippen MR) is 146 cm³/mol. The molecule has 5 atom stereocenters. The topological polar surface area (TPSA) is 131 Å². The standard InChI is InChI=1S/C27H28Cl2F2N6O4/c1-12-32-26(37(34-12)19-9-14(28)5-6-15(19)27(2,3)4)25-24(40)22(23(39)20(11-38)41-25)36-10-18(33-35-36)13-7-16(30)21(29)17(31)8-13/h5-10,20,22-25,38-40H,11H2,1-4H3/t20-,22+,23+,24-,25-/m1/s1. The molecule has 0 amide bonds. The number of ether oxygens (including phenoxy) is 1. The molecule has 14 heteroatoms. The van der Waals surface area contributed by atoms with Gasteiger partial charge in [-0.2, -0.15) is 5.10 Å². The molecule has 0 unspecified atom stereocenters. The van der Waals surface area contributed by atoms with E-state index in [4.69, 9.17) is 27.9 Å². The maximum Gasteiger partial charge on any atom is 0.164 e. The first-order chi connectivity index (χ1) is 19.3. The number of aromatic nitrogens is 6. The Balaban J connectivity index is 1.58. The molecule has 2 aromatic heterocycles. The zero-order valence-electron chi connectivity index (χ0n) is 22.5. The van der Waals surface area contributed by atoms with E-state index in [2.05, 4.69) is 20.4 Å². The molecule has 2 aromatic carbocycles. The van der Waals surface area contributed by atoms with E-state index in [0.717, 1.165) is 17.7 Å². The zero-order valence-corrected chi connectivity index (χ0v) is 24.0. The molecule has 0 saturated carbocycles. The first kappa shape index (κ1) is 29.5. The summed E-state index contributed by atoms with van der Waals surface area (Å²) in [6.07, 6.45) is -3.93. The summed E-state index contributed by atoms with van der Waals surface area (Å²) in [4.78, 5) is 4.54. The van der Waals surface area contributed by atoms with Gasteiger partial charge in [-0.3, -0.25) is 0 Å². The molecule has 5 rings (SSSR count). The van der Waals surface area contributed by atoms with Crippen LogP contribution in [-0.2, 0) is 10.2 Å². The Kier molecular flexibility index (Phi) is 7.92. The summed E-state index contributed by atoms with van der Waals surface area (Å²) in [7, 11) is 0. The number of benzene rings is 2. The Morgan fingerprint density at radius 2 is 1.73 bits per heavy atom. The van der Waals surface area contributed by atoms with Crippen LogP contribution in [0.3, 0.4) is 0 Å². The van der Waals surface area contributed by atoms with Crippen molar-refractivity contribution in [3.05, 3.63) is 75.4 Å². The van der Waals surface area contributed by atoms with Gasteiger partial charge in [-0.05, 0) is 42.2 Å². The van der Waals surface area contributed by atoms with Crippen LogP contribution in [0.5, 0.6) is 0 Å². The van der Waals surface area contributed by atoms with Gasteiger partial charge in [0.05, 0.1) is 18.5 Å². The second kappa shape index (κ2) is 11.0. The molecule has 3 N–H and O–H groups in total. The third kappa shape index (κ3) is 5.47. The van der Waals surface area contributed by atoms with Gasteiger partial charge in [0.2, 0.25) is 0 Å².